The molecule has 2 nitrogen and oxygen atoms in total. The fraction of sp³-hybridized carbons (Fsp3) is 0.143. The number of carbonyl (C=O) groups excluding carboxylic acids is 1. The van der Waals surface area contributed by atoms with E-state index < -0.39 is 0 Å². The smallest absolute Gasteiger partial charge is 0.175 e. The lowest BCUT2D eigenvalue weighted by molar-refractivity contribution is 0.0994. The number of hydrogen-bond acceptors (Lipinski definition) is 3. The van der Waals surface area contributed by atoms with Gasteiger partial charge >= 0.3 is 0 Å². The number of thioether (sulfide) groups is 1. The van der Waals surface area contributed by atoms with Crippen LogP contribution in [0.15, 0.2) is 52.1 Å². The molecule has 0 saturated heterocycles. The molecule has 0 spiro atoms. The summed E-state index contributed by atoms with van der Waals surface area (Å²) in [5, 5.41) is 0.519. The summed E-state index contributed by atoms with van der Waals surface area (Å²) in [5.74, 6) is -0.374. The third kappa shape index (κ3) is 3.88. The van der Waals surface area contributed by atoms with Crippen molar-refractivity contribution in [2.45, 2.75) is 17.2 Å². The first-order chi connectivity index (χ1) is 9.06. The van der Waals surface area contributed by atoms with Crippen molar-refractivity contribution >= 4 is 33.5 Å². The fourth-order valence-corrected chi connectivity index (χ4v) is 2.62. The van der Waals surface area contributed by atoms with Crippen LogP contribution in [-0.2, 0) is 0 Å². The second-order valence-corrected chi connectivity index (χ2v) is 6.22. The van der Waals surface area contributed by atoms with Gasteiger partial charge in [-0.1, -0.05) is 11.8 Å². The summed E-state index contributed by atoms with van der Waals surface area (Å²) in [6, 6.07) is 9.33. The maximum atomic E-state index is 12.8. The fourth-order valence-electron chi connectivity index (χ4n) is 1.52. The molecule has 1 aromatic carbocycles. The van der Waals surface area contributed by atoms with E-state index in [0.717, 1.165) is 9.50 Å². The molecule has 0 bridgehead atoms. The van der Waals surface area contributed by atoms with E-state index in [9.17, 15) is 9.18 Å². The van der Waals surface area contributed by atoms with Crippen LogP contribution in [0.3, 0.4) is 0 Å². The van der Waals surface area contributed by atoms with Crippen LogP contribution in [0.25, 0.3) is 0 Å². The van der Waals surface area contributed by atoms with Crippen LogP contribution in [0.2, 0.25) is 0 Å². The van der Waals surface area contributed by atoms with Gasteiger partial charge in [0.1, 0.15) is 5.82 Å². The quantitative estimate of drug-likeness (QED) is 0.612. The predicted molar refractivity (Wildman–Crippen MR) is 78.0 cm³/mol. The van der Waals surface area contributed by atoms with E-state index in [-0.39, 0.29) is 16.9 Å². The highest BCUT2D eigenvalue weighted by molar-refractivity contribution is 9.10. The van der Waals surface area contributed by atoms with E-state index in [0.29, 0.717) is 5.56 Å². The van der Waals surface area contributed by atoms with Crippen LogP contribution >= 0.6 is 27.7 Å². The van der Waals surface area contributed by atoms with E-state index in [1.807, 2.05) is 19.1 Å². The molecule has 0 fully saturated rings. The van der Waals surface area contributed by atoms with Gasteiger partial charge in [0.05, 0.1) is 10.3 Å². The minimum atomic E-state index is -0.341. The number of Topliss-reactive ketones (excluding diaryl/α,β-unsaturated/α-hetero) is 1. The van der Waals surface area contributed by atoms with Gasteiger partial charge in [0, 0.05) is 16.2 Å². The highest BCUT2D eigenvalue weighted by atomic mass is 79.9. The minimum absolute atomic E-state index is 0.0327. The first-order valence-electron chi connectivity index (χ1n) is 5.64. The number of hydrogen-bond donors (Lipinski definition) is 0. The molecule has 2 rings (SSSR count). The van der Waals surface area contributed by atoms with Crippen molar-refractivity contribution in [3.8, 4) is 0 Å². The summed E-state index contributed by atoms with van der Waals surface area (Å²) >= 11 is 4.69. The second-order valence-electron chi connectivity index (χ2n) is 3.95. The normalized spacial score (nSPS) is 12.2. The minimum Gasteiger partial charge on any atom is -0.293 e. The molecule has 5 heteroatoms. The van der Waals surface area contributed by atoms with Gasteiger partial charge in [0.2, 0.25) is 0 Å². The largest absolute Gasteiger partial charge is 0.293 e. The number of halogens is 2. The Kier molecular flexibility index (Phi) is 4.71. The standard InChI is InChI=1S/C14H11BrFNOS/c1-9(19-13-7-4-11(15)8-17-13)14(18)10-2-5-12(16)6-3-10/h2-9H,1H3. The number of pyridine rings is 1. The van der Waals surface area contributed by atoms with Gasteiger partial charge in [-0.2, -0.15) is 0 Å². The Hall–Kier alpha value is -1.20. The zero-order valence-corrected chi connectivity index (χ0v) is 12.5. The zero-order chi connectivity index (χ0) is 13.8. The second kappa shape index (κ2) is 6.30. The van der Waals surface area contributed by atoms with Crippen LogP contribution in [0.4, 0.5) is 4.39 Å². The molecular weight excluding hydrogens is 329 g/mol. The highest BCUT2D eigenvalue weighted by Gasteiger charge is 2.17. The van der Waals surface area contributed by atoms with Crippen LogP contribution in [0.5, 0.6) is 0 Å². The Bertz CT molecular complexity index is 571. The molecular formula is C14H11BrFNOS. The lowest BCUT2D eigenvalue weighted by atomic mass is 10.1. The average molecular weight is 340 g/mol. The van der Waals surface area contributed by atoms with Crippen molar-refractivity contribution in [3.05, 3.63) is 58.4 Å². The van der Waals surface area contributed by atoms with Crippen molar-refractivity contribution in [1.82, 2.24) is 4.98 Å². The van der Waals surface area contributed by atoms with E-state index in [1.165, 1.54) is 36.0 Å². The van der Waals surface area contributed by atoms with Crippen LogP contribution in [-0.4, -0.2) is 16.0 Å². The Balaban J connectivity index is 2.07. The lowest BCUT2D eigenvalue weighted by Crippen LogP contribution is -2.13. The number of ketones is 1. The molecule has 0 N–H and O–H groups in total. The van der Waals surface area contributed by atoms with Crippen LogP contribution in [0.1, 0.15) is 17.3 Å². The van der Waals surface area contributed by atoms with Gasteiger partial charge in [0.15, 0.2) is 5.78 Å². The van der Waals surface area contributed by atoms with Crippen molar-refractivity contribution in [3.63, 3.8) is 0 Å². The molecule has 19 heavy (non-hydrogen) atoms. The number of rotatable bonds is 4. The predicted octanol–water partition coefficient (Wildman–Crippen LogP) is 4.35. The first-order valence-corrected chi connectivity index (χ1v) is 7.31. The van der Waals surface area contributed by atoms with Crippen molar-refractivity contribution < 1.29 is 9.18 Å². The van der Waals surface area contributed by atoms with Gasteiger partial charge in [-0.15, -0.1) is 0 Å². The maximum absolute atomic E-state index is 12.8. The third-order valence-electron chi connectivity index (χ3n) is 2.50. The Labute approximate surface area is 123 Å². The summed E-state index contributed by atoms with van der Waals surface area (Å²) in [6.45, 7) is 1.82. The molecule has 1 aromatic heterocycles. The van der Waals surface area contributed by atoms with E-state index in [2.05, 4.69) is 20.9 Å². The first kappa shape index (κ1) is 14.2. The van der Waals surface area contributed by atoms with Crippen LogP contribution in [0, 0.1) is 5.82 Å². The van der Waals surface area contributed by atoms with Crippen molar-refractivity contribution in [1.29, 1.82) is 0 Å². The molecule has 0 amide bonds. The summed E-state index contributed by atoms with van der Waals surface area (Å²) in [7, 11) is 0. The number of carbonyl (C=O) groups is 1. The Morgan fingerprint density at radius 2 is 1.95 bits per heavy atom. The Morgan fingerprint density at radius 1 is 1.26 bits per heavy atom. The van der Waals surface area contributed by atoms with E-state index >= 15 is 0 Å². The van der Waals surface area contributed by atoms with E-state index in [4.69, 9.17) is 0 Å². The average Bonchev–Trinajstić information content (AvgIpc) is 2.41. The molecule has 0 saturated carbocycles. The summed E-state index contributed by atoms with van der Waals surface area (Å²) in [4.78, 5) is 16.4. The molecule has 2 aromatic rings. The number of aromatic nitrogens is 1. The van der Waals surface area contributed by atoms with Crippen LogP contribution < -0.4 is 0 Å². The molecule has 98 valence electrons. The third-order valence-corrected chi connectivity index (χ3v) is 4.02. The molecule has 0 aliphatic carbocycles. The van der Waals surface area contributed by atoms with Gasteiger partial charge in [0.25, 0.3) is 0 Å². The van der Waals surface area contributed by atoms with E-state index in [1.54, 1.807) is 6.20 Å². The van der Waals surface area contributed by atoms with Gasteiger partial charge in [-0.3, -0.25) is 4.79 Å². The zero-order valence-electron chi connectivity index (χ0n) is 10.1. The molecule has 1 unspecified atom stereocenters. The molecule has 0 aliphatic heterocycles. The molecule has 1 atom stereocenters. The monoisotopic (exact) mass is 339 g/mol. The van der Waals surface area contributed by atoms with Gasteiger partial charge in [-0.25, -0.2) is 9.37 Å². The maximum Gasteiger partial charge on any atom is 0.175 e. The van der Waals surface area contributed by atoms with Gasteiger partial charge in [-0.05, 0) is 59.3 Å². The highest BCUT2D eigenvalue weighted by Crippen LogP contribution is 2.24. The van der Waals surface area contributed by atoms with Crippen molar-refractivity contribution in [2.75, 3.05) is 0 Å². The molecule has 0 radical (unpaired) electrons. The summed E-state index contributed by atoms with van der Waals surface area (Å²) < 4.78 is 13.7. The van der Waals surface area contributed by atoms with Gasteiger partial charge < -0.3 is 0 Å². The lowest BCUT2D eigenvalue weighted by Gasteiger charge is -2.09. The SMILES string of the molecule is CC(Sc1ccc(Br)cn1)C(=O)c1ccc(F)cc1. The number of benzene rings is 1. The molecule has 0 aliphatic rings. The summed E-state index contributed by atoms with van der Waals surface area (Å²) in [5.41, 5.74) is 0.513. The van der Waals surface area contributed by atoms with Crippen molar-refractivity contribution in [2.24, 2.45) is 0 Å². The topological polar surface area (TPSA) is 30.0 Å². The summed E-state index contributed by atoms with van der Waals surface area (Å²) in [6.07, 6.45) is 1.69. The Morgan fingerprint density at radius 3 is 2.53 bits per heavy atom. The number of nitrogens with zero attached hydrogens (tertiary/aromatic N) is 1. The molecule has 1 heterocycles.